The molecule has 0 aliphatic carbocycles. The zero-order valence-corrected chi connectivity index (χ0v) is 15.3. The summed E-state index contributed by atoms with van der Waals surface area (Å²) in [5, 5.41) is 2.70. The number of benzene rings is 1. The van der Waals surface area contributed by atoms with E-state index in [1.165, 1.54) is 7.11 Å². The Morgan fingerprint density at radius 2 is 1.77 bits per heavy atom. The number of H-pyrrole nitrogens is 1. The average molecular weight is 358 g/mol. The fourth-order valence-corrected chi connectivity index (χ4v) is 2.62. The van der Waals surface area contributed by atoms with Crippen LogP contribution in [0.25, 0.3) is 0 Å². The SMILES string of the molecule is COC(=O)c1c(C)[nH]c(C(=O)OCC(=O)NCc2ccccc2C)c1C. The van der Waals surface area contributed by atoms with Crippen LogP contribution in [0.2, 0.25) is 0 Å². The van der Waals surface area contributed by atoms with Crippen molar-refractivity contribution in [1.82, 2.24) is 10.3 Å². The second-order valence-electron chi connectivity index (χ2n) is 5.90. The maximum absolute atomic E-state index is 12.2. The normalized spacial score (nSPS) is 10.3. The average Bonchev–Trinajstić information content (AvgIpc) is 2.92. The van der Waals surface area contributed by atoms with Crippen LogP contribution in [-0.2, 0) is 20.8 Å². The summed E-state index contributed by atoms with van der Waals surface area (Å²) in [5.41, 5.74) is 3.42. The molecule has 26 heavy (non-hydrogen) atoms. The van der Waals surface area contributed by atoms with Gasteiger partial charge >= 0.3 is 11.9 Å². The molecule has 0 atom stereocenters. The zero-order chi connectivity index (χ0) is 19.3. The highest BCUT2D eigenvalue weighted by molar-refractivity contribution is 5.99. The maximum Gasteiger partial charge on any atom is 0.355 e. The molecule has 2 aromatic rings. The smallest absolute Gasteiger partial charge is 0.355 e. The van der Waals surface area contributed by atoms with Crippen molar-refractivity contribution in [2.75, 3.05) is 13.7 Å². The van der Waals surface area contributed by atoms with Crippen LogP contribution in [0.4, 0.5) is 0 Å². The molecule has 7 heteroatoms. The third kappa shape index (κ3) is 4.30. The summed E-state index contributed by atoms with van der Waals surface area (Å²) >= 11 is 0. The molecule has 2 rings (SSSR count). The van der Waals surface area contributed by atoms with Gasteiger partial charge in [0.15, 0.2) is 6.61 Å². The standard InChI is InChI=1S/C19H22N2O5/c1-11-7-5-6-8-14(11)9-20-15(22)10-26-19(24)17-12(2)16(13(3)21-17)18(23)25-4/h5-8,21H,9-10H2,1-4H3,(H,20,22). The van der Waals surface area contributed by atoms with Gasteiger partial charge in [-0.25, -0.2) is 9.59 Å². The lowest BCUT2D eigenvalue weighted by Gasteiger charge is -2.08. The first-order chi connectivity index (χ1) is 12.3. The number of methoxy groups -OCH3 is 1. The van der Waals surface area contributed by atoms with Gasteiger partial charge in [0.05, 0.1) is 12.7 Å². The molecule has 1 aromatic heterocycles. The number of nitrogens with one attached hydrogen (secondary N) is 2. The Morgan fingerprint density at radius 1 is 1.08 bits per heavy atom. The molecule has 138 valence electrons. The minimum absolute atomic E-state index is 0.134. The number of esters is 2. The van der Waals surface area contributed by atoms with Crippen molar-refractivity contribution < 1.29 is 23.9 Å². The Morgan fingerprint density at radius 3 is 2.42 bits per heavy atom. The lowest BCUT2D eigenvalue weighted by Crippen LogP contribution is -2.28. The van der Waals surface area contributed by atoms with Crippen LogP contribution in [0, 0.1) is 20.8 Å². The van der Waals surface area contributed by atoms with Crippen LogP contribution in [-0.4, -0.2) is 36.5 Å². The molecule has 0 unspecified atom stereocenters. The molecule has 0 saturated carbocycles. The van der Waals surface area contributed by atoms with E-state index in [1.807, 2.05) is 31.2 Å². The number of carbonyl (C=O) groups excluding carboxylic acids is 3. The molecule has 7 nitrogen and oxygen atoms in total. The number of hydrogen-bond acceptors (Lipinski definition) is 5. The quantitative estimate of drug-likeness (QED) is 0.772. The Labute approximate surface area is 151 Å². The summed E-state index contributed by atoms with van der Waals surface area (Å²) < 4.78 is 9.73. The third-order valence-electron chi connectivity index (χ3n) is 4.10. The van der Waals surface area contributed by atoms with Gasteiger partial charge in [-0.05, 0) is 37.5 Å². The molecule has 1 aromatic carbocycles. The van der Waals surface area contributed by atoms with Crippen LogP contribution < -0.4 is 5.32 Å². The maximum atomic E-state index is 12.2. The van der Waals surface area contributed by atoms with Crippen molar-refractivity contribution in [2.45, 2.75) is 27.3 Å². The van der Waals surface area contributed by atoms with Gasteiger partial charge in [-0.15, -0.1) is 0 Å². The lowest BCUT2D eigenvalue weighted by molar-refractivity contribution is -0.124. The van der Waals surface area contributed by atoms with Crippen LogP contribution in [0.3, 0.4) is 0 Å². The highest BCUT2D eigenvalue weighted by atomic mass is 16.5. The summed E-state index contributed by atoms with van der Waals surface area (Å²) in [6.07, 6.45) is 0. The number of aromatic nitrogens is 1. The number of amides is 1. The van der Waals surface area contributed by atoms with Gasteiger partial charge in [0.2, 0.25) is 0 Å². The summed E-state index contributed by atoms with van der Waals surface area (Å²) in [6, 6.07) is 7.69. The summed E-state index contributed by atoms with van der Waals surface area (Å²) in [5.74, 6) is -1.64. The number of aryl methyl sites for hydroxylation is 2. The van der Waals surface area contributed by atoms with Crippen molar-refractivity contribution >= 4 is 17.8 Å². The monoisotopic (exact) mass is 358 g/mol. The van der Waals surface area contributed by atoms with Crippen LogP contribution in [0.1, 0.15) is 43.2 Å². The van der Waals surface area contributed by atoms with E-state index >= 15 is 0 Å². The van der Waals surface area contributed by atoms with Crippen LogP contribution in [0.5, 0.6) is 0 Å². The van der Waals surface area contributed by atoms with E-state index in [0.29, 0.717) is 23.4 Å². The first-order valence-corrected chi connectivity index (χ1v) is 8.11. The molecule has 0 saturated heterocycles. The predicted molar refractivity (Wildman–Crippen MR) is 94.9 cm³/mol. The molecule has 2 N–H and O–H groups in total. The van der Waals surface area contributed by atoms with Crippen molar-refractivity contribution in [3.63, 3.8) is 0 Å². The van der Waals surface area contributed by atoms with Crippen molar-refractivity contribution in [3.8, 4) is 0 Å². The fraction of sp³-hybridized carbons (Fsp3) is 0.316. The largest absolute Gasteiger partial charge is 0.465 e. The molecule has 0 aliphatic heterocycles. The van der Waals surface area contributed by atoms with E-state index in [0.717, 1.165) is 11.1 Å². The second kappa shape index (κ2) is 8.33. The molecule has 1 amide bonds. The van der Waals surface area contributed by atoms with E-state index in [9.17, 15) is 14.4 Å². The van der Waals surface area contributed by atoms with Gasteiger partial charge in [-0.2, -0.15) is 0 Å². The predicted octanol–water partition coefficient (Wildman–Crippen LogP) is 2.20. The van der Waals surface area contributed by atoms with Crippen LogP contribution >= 0.6 is 0 Å². The van der Waals surface area contributed by atoms with E-state index in [-0.39, 0.29) is 5.69 Å². The molecule has 0 radical (unpaired) electrons. The van der Waals surface area contributed by atoms with Gasteiger partial charge in [-0.3, -0.25) is 4.79 Å². The molecule has 0 aliphatic rings. The molecular weight excluding hydrogens is 336 g/mol. The van der Waals surface area contributed by atoms with E-state index in [4.69, 9.17) is 9.47 Å². The van der Waals surface area contributed by atoms with Gasteiger partial charge in [0, 0.05) is 12.2 Å². The van der Waals surface area contributed by atoms with Gasteiger partial charge < -0.3 is 19.8 Å². The third-order valence-corrected chi connectivity index (χ3v) is 4.10. The van der Waals surface area contributed by atoms with Gasteiger partial charge in [0.25, 0.3) is 5.91 Å². The van der Waals surface area contributed by atoms with E-state index in [2.05, 4.69) is 10.3 Å². The second-order valence-corrected chi connectivity index (χ2v) is 5.90. The number of aromatic amines is 1. The Kier molecular flexibility index (Phi) is 6.16. The molecule has 0 spiro atoms. The summed E-state index contributed by atoms with van der Waals surface area (Å²) in [4.78, 5) is 38.6. The molecular formula is C19H22N2O5. The van der Waals surface area contributed by atoms with E-state index < -0.39 is 24.5 Å². The van der Waals surface area contributed by atoms with Gasteiger partial charge in [0.1, 0.15) is 5.69 Å². The lowest BCUT2D eigenvalue weighted by atomic mass is 10.1. The summed E-state index contributed by atoms with van der Waals surface area (Å²) in [7, 11) is 1.27. The number of hydrogen-bond donors (Lipinski definition) is 2. The highest BCUT2D eigenvalue weighted by Gasteiger charge is 2.23. The zero-order valence-electron chi connectivity index (χ0n) is 15.3. The van der Waals surface area contributed by atoms with E-state index in [1.54, 1.807) is 13.8 Å². The Hall–Kier alpha value is -3.09. The van der Waals surface area contributed by atoms with Crippen molar-refractivity contribution in [2.24, 2.45) is 0 Å². The first-order valence-electron chi connectivity index (χ1n) is 8.11. The molecule has 0 fully saturated rings. The van der Waals surface area contributed by atoms with Gasteiger partial charge in [-0.1, -0.05) is 24.3 Å². The summed E-state index contributed by atoms with van der Waals surface area (Å²) in [6.45, 7) is 5.18. The van der Waals surface area contributed by atoms with Crippen molar-refractivity contribution in [1.29, 1.82) is 0 Å². The van der Waals surface area contributed by atoms with Crippen molar-refractivity contribution in [3.05, 3.63) is 57.9 Å². The number of rotatable bonds is 6. The number of carbonyl (C=O) groups is 3. The minimum atomic E-state index is -0.702. The fourth-order valence-electron chi connectivity index (χ4n) is 2.62. The first kappa shape index (κ1) is 19.2. The Balaban J connectivity index is 1.93. The highest BCUT2D eigenvalue weighted by Crippen LogP contribution is 2.19. The molecule has 0 bridgehead atoms. The topological polar surface area (TPSA) is 97.5 Å². The Bertz CT molecular complexity index is 838. The molecule has 1 heterocycles. The minimum Gasteiger partial charge on any atom is -0.465 e. The number of ether oxygens (including phenoxy) is 2. The van der Waals surface area contributed by atoms with Crippen LogP contribution in [0.15, 0.2) is 24.3 Å².